The molecule has 0 spiro atoms. The molecule has 0 saturated heterocycles. The maximum Gasteiger partial charge on any atom is 0.162 e. The van der Waals surface area contributed by atoms with Gasteiger partial charge in [0.1, 0.15) is 0 Å². The van der Waals surface area contributed by atoms with Crippen LogP contribution in [0.5, 0.6) is 11.5 Å². The fraction of sp³-hybridized carbons (Fsp3) is 0.143. The van der Waals surface area contributed by atoms with E-state index >= 15 is 0 Å². The Balaban J connectivity index is 2.09. The van der Waals surface area contributed by atoms with Crippen LogP contribution in [0.2, 0.25) is 0 Å². The second-order valence-electron chi connectivity index (χ2n) is 4.00. The number of benzene rings is 2. The van der Waals surface area contributed by atoms with E-state index in [0.29, 0.717) is 12.1 Å². The highest BCUT2D eigenvalue weighted by molar-refractivity contribution is 5.49. The molecule has 2 aromatic rings. The number of phenolic OH excluding ortho intramolecular Hbond substituents is 2. The first-order valence-corrected chi connectivity index (χ1v) is 5.64. The Morgan fingerprint density at radius 1 is 1.00 bits per heavy atom. The summed E-state index contributed by atoms with van der Waals surface area (Å²) in [7, 11) is 0. The smallest absolute Gasteiger partial charge is 0.162 e. The van der Waals surface area contributed by atoms with Crippen LogP contribution in [-0.4, -0.2) is 15.3 Å². The second kappa shape index (κ2) is 5.42. The van der Waals surface area contributed by atoms with Crippen molar-refractivity contribution >= 4 is 5.69 Å². The highest BCUT2D eigenvalue weighted by Crippen LogP contribution is 2.28. The average molecular weight is 245 g/mol. The summed E-state index contributed by atoms with van der Waals surface area (Å²) in [6, 6.07) is 12.2. The third-order valence-electron chi connectivity index (χ3n) is 2.69. The Kier molecular flexibility index (Phi) is 3.69. The lowest BCUT2D eigenvalue weighted by molar-refractivity contribution is 0.282. The minimum absolute atomic E-state index is 0.00705. The van der Waals surface area contributed by atoms with Crippen molar-refractivity contribution in [3.63, 3.8) is 0 Å². The zero-order valence-electron chi connectivity index (χ0n) is 9.80. The number of aliphatic hydroxyl groups is 1. The van der Waals surface area contributed by atoms with Gasteiger partial charge in [-0.15, -0.1) is 0 Å². The third-order valence-corrected chi connectivity index (χ3v) is 2.69. The second-order valence-corrected chi connectivity index (χ2v) is 4.00. The van der Waals surface area contributed by atoms with Crippen molar-refractivity contribution < 1.29 is 15.3 Å². The van der Waals surface area contributed by atoms with E-state index in [0.717, 1.165) is 11.3 Å². The predicted octanol–water partition coefficient (Wildman–Crippen LogP) is 2.20. The van der Waals surface area contributed by atoms with Crippen molar-refractivity contribution in [3.8, 4) is 11.5 Å². The molecule has 0 unspecified atom stereocenters. The standard InChI is InChI=1S/C14H15NO3/c16-9-10-3-1-5-12(7-10)15-8-11-4-2-6-13(17)14(11)18/h1-7,15-18H,8-9H2. The lowest BCUT2D eigenvalue weighted by Gasteiger charge is -2.09. The summed E-state index contributed by atoms with van der Waals surface area (Å²) in [5.74, 6) is -0.235. The number of aromatic hydroxyl groups is 2. The van der Waals surface area contributed by atoms with Gasteiger partial charge in [0.05, 0.1) is 6.61 Å². The summed E-state index contributed by atoms with van der Waals surface area (Å²) < 4.78 is 0. The van der Waals surface area contributed by atoms with E-state index in [1.54, 1.807) is 12.1 Å². The van der Waals surface area contributed by atoms with E-state index in [-0.39, 0.29) is 18.1 Å². The topological polar surface area (TPSA) is 72.7 Å². The first kappa shape index (κ1) is 12.3. The molecule has 0 saturated carbocycles. The number of anilines is 1. The van der Waals surface area contributed by atoms with E-state index < -0.39 is 0 Å². The fourth-order valence-electron chi connectivity index (χ4n) is 1.70. The molecule has 0 aliphatic carbocycles. The number of aliphatic hydroxyl groups excluding tert-OH is 1. The number of nitrogens with one attached hydrogen (secondary N) is 1. The number of hydrogen-bond acceptors (Lipinski definition) is 4. The molecular formula is C14H15NO3. The molecule has 2 rings (SSSR count). The van der Waals surface area contributed by atoms with Crippen molar-refractivity contribution in [2.45, 2.75) is 13.2 Å². The molecule has 0 atom stereocenters. The number of para-hydroxylation sites is 1. The summed E-state index contributed by atoms with van der Waals surface area (Å²) in [6.45, 7) is 0.391. The summed E-state index contributed by atoms with van der Waals surface area (Å²) in [6.07, 6.45) is 0. The van der Waals surface area contributed by atoms with Gasteiger partial charge >= 0.3 is 0 Å². The van der Waals surface area contributed by atoms with Gasteiger partial charge in [0, 0.05) is 17.8 Å². The van der Waals surface area contributed by atoms with Crippen LogP contribution in [0, 0.1) is 0 Å². The van der Waals surface area contributed by atoms with Gasteiger partial charge in [-0.25, -0.2) is 0 Å². The number of phenols is 2. The van der Waals surface area contributed by atoms with E-state index in [1.165, 1.54) is 6.07 Å². The zero-order chi connectivity index (χ0) is 13.0. The molecule has 94 valence electrons. The average Bonchev–Trinajstić information content (AvgIpc) is 2.41. The summed E-state index contributed by atoms with van der Waals surface area (Å²) in [5.41, 5.74) is 2.29. The number of rotatable bonds is 4. The van der Waals surface area contributed by atoms with Crippen molar-refractivity contribution in [1.29, 1.82) is 0 Å². The maximum atomic E-state index is 9.65. The summed E-state index contributed by atoms with van der Waals surface area (Å²) in [4.78, 5) is 0. The van der Waals surface area contributed by atoms with Crippen LogP contribution < -0.4 is 5.32 Å². The van der Waals surface area contributed by atoms with E-state index in [1.807, 2.05) is 24.3 Å². The summed E-state index contributed by atoms with van der Waals surface area (Å²) in [5, 5.41) is 31.2. The highest BCUT2D eigenvalue weighted by atomic mass is 16.3. The normalized spacial score (nSPS) is 10.3. The Morgan fingerprint density at radius 3 is 2.56 bits per heavy atom. The van der Waals surface area contributed by atoms with Gasteiger partial charge in [-0.3, -0.25) is 0 Å². The molecule has 4 nitrogen and oxygen atoms in total. The fourth-order valence-corrected chi connectivity index (χ4v) is 1.70. The Morgan fingerprint density at radius 2 is 1.78 bits per heavy atom. The molecular weight excluding hydrogens is 230 g/mol. The van der Waals surface area contributed by atoms with Crippen LogP contribution >= 0.6 is 0 Å². The molecule has 0 heterocycles. The van der Waals surface area contributed by atoms with Crippen molar-refractivity contribution in [3.05, 3.63) is 53.6 Å². The van der Waals surface area contributed by atoms with E-state index in [2.05, 4.69) is 5.32 Å². The van der Waals surface area contributed by atoms with Gasteiger partial charge in [0.2, 0.25) is 0 Å². The molecule has 0 bridgehead atoms. The van der Waals surface area contributed by atoms with Gasteiger partial charge in [0.15, 0.2) is 11.5 Å². The minimum Gasteiger partial charge on any atom is -0.504 e. The van der Waals surface area contributed by atoms with Crippen LogP contribution in [-0.2, 0) is 13.2 Å². The van der Waals surface area contributed by atoms with Gasteiger partial charge in [-0.05, 0) is 23.8 Å². The van der Waals surface area contributed by atoms with Crippen molar-refractivity contribution in [1.82, 2.24) is 0 Å². The molecule has 0 aromatic heterocycles. The maximum absolute atomic E-state index is 9.65. The lowest BCUT2D eigenvalue weighted by atomic mass is 10.1. The van der Waals surface area contributed by atoms with Crippen LogP contribution in [0.1, 0.15) is 11.1 Å². The molecule has 2 aromatic carbocycles. The molecule has 4 N–H and O–H groups in total. The third kappa shape index (κ3) is 2.73. The van der Waals surface area contributed by atoms with Gasteiger partial charge in [-0.2, -0.15) is 0 Å². The van der Waals surface area contributed by atoms with Crippen molar-refractivity contribution in [2.75, 3.05) is 5.32 Å². The first-order chi connectivity index (χ1) is 8.70. The lowest BCUT2D eigenvalue weighted by Crippen LogP contribution is -2.00. The van der Waals surface area contributed by atoms with Gasteiger partial charge in [0.25, 0.3) is 0 Å². The zero-order valence-corrected chi connectivity index (χ0v) is 9.80. The van der Waals surface area contributed by atoms with Gasteiger partial charge < -0.3 is 20.6 Å². The predicted molar refractivity (Wildman–Crippen MR) is 69.5 cm³/mol. The monoisotopic (exact) mass is 245 g/mol. The van der Waals surface area contributed by atoms with Crippen LogP contribution in [0.15, 0.2) is 42.5 Å². The highest BCUT2D eigenvalue weighted by Gasteiger charge is 2.05. The first-order valence-electron chi connectivity index (χ1n) is 5.64. The molecule has 4 heteroatoms. The Bertz CT molecular complexity index is 540. The number of hydrogen-bond donors (Lipinski definition) is 4. The molecule has 0 fully saturated rings. The minimum atomic E-state index is -0.126. The Labute approximate surface area is 105 Å². The summed E-state index contributed by atoms with van der Waals surface area (Å²) >= 11 is 0. The molecule has 0 aliphatic heterocycles. The quantitative estimate of drug-likeness (QED) is 0.623. The Hall–Kier alpha value is -2.20. The SMILES string of the molecule is OCc1cccc(NCc2cccc(O)c2O)c1. The molecule has 18 heavy (non-hydrogen) atoms. The van der Waals surface area contributed by atoms with Crippen molar-refractivity contribution in [2.24, 2.45) is 0 Å². The van der Waals surface area contributed by atoms with E-state index in [4.69, 9.17) is 5.11 Å². The van der Waals surface area contributed by atoms with Gasteiger partial charge in [-0.1, -0.05) is 24.3 Å². The van der Waals surface area contributed by atoms with Crippen LogP contribution in [0.25, 0.3) is 0 Å². The molecule has 0 aliphatic rings. The van der Waals surface area contributed by atoms with Crippen LogP contribution in [0.4, 0.5) is 5.69 Å². The van der Waals surface area contributed by atoms with Crippen LogP contribution in [0.3, 0.4) is 0 Å². The molecule has 0 amide bonds. The molecule has 0 radical (unpaired) electrons. The largest absolute Gasteiger partial charge is 0.504 e. The van der Waals surface area contributed by atoms with E-state index in [9.17, 15) is 10.2 Å².